The van der Waals surface area contributed by atoms with Gasteiger partial charge in [0.05, 0.1) is 28.2 Å². The zero-order valence-corrected chi connectivity index (χ0v) is 12.6. The molecule has 0 aliphatic rings. The lowest BCUT2D eigenvalue weighted by molar-refractivity contribution is -0.385. The van der Waals surface area contributed by atoms with Gasteiger partial charge >= 0.3 is 0 Å². The number of rotatable bonds is 5. The predicted molar refractivity (Wildman–Crippen MR) is 75.2 cm³/mol. The molecule has 1 heterocycles. The number of furan rings is 1. The summed E-state index contributed by atoms with van der Waals surface area (Å²) in [6.45, 7) is 1.15. The number of hydrogen-bond acceptors (Lipinski definition) is 5. The third-order valence-corrected chi connectivity index (χ3v) is 4.94. The van der Waals surface area contributed by atoms with Gasteiger partial charge < -0.3 is 4.42 Å². The van der Waals surface area contributed by atoms with E-state index in [-0.39, 0.29) is 12.1 Å². The number of halogens is 1. The molecule has 9 heteroatoms. The SMILES string of the molecule is Cc1c(F)cc(S(=O)(=O)N(C)Cc2ccco2)cc1[N+](=O)[O-]. The van der Waals surface area contributed by atoms with Crippen molar-refractivity contribution >= 4 is 15.7 Å². The third kappa shape index (κ3) is 3.00. The fourth-order valence-electron chi connectivity index (χ4n) is 1.87. The second-order valence-corrected chi connectivity index (χ2v) is 6.69. The van der Waals surface area contributed by atoms with Crippen LogP contribution in [0.5, 0.6) is 0 Å². The van der Waals surface area contributed by atoms with Gasteiger partial charge in [-0.05, 0) is 25.1 Å². The van der Waals surface area contributed by atoms with E-state index in [1.807, 2.05) is 0 Å². The highest BCUT2D eigenvalue weighted by molar-refractivity contribution is 7.89. The molecule has 0 atom stereocenters. The van der Waals surface area contributed by atoms with Crippen LogP contribution in [-0.4, -0.2) is 24.7 Å². The molecule has 0 amide bonds. The Kier molecular flexibility index (Phi) is 4.29. The van der Waals surface area contributed by atoms with E-state index in [0.29, 0.717) is 5.76 Å². The van der Waals surface area contributed by atoms with Gasteiger partial charge in [-0.2, -0.15) is 4.31 Å². The number of hydrogen-bond donors (Lipinski definition) is 0. The van der Waals surface area contributed by atoms with Crippen LogP contribution in [0.2, 0.25) is 0 Å². The number of nitro benzene ring substituents is 1. The molecule has 0 saturated carbocycles. The molecule has 0 N–H and O–H groups in total. The molecule has 7 nitrogen and oxygen atoms in total. The Morgan fingerprint density at radius 2 is 2.09 bits per heavy atom. The van der Waals surface area contributed by atoms with Gasteiger partial charge in [0.2, 0.25) is 10.0 Å². The molecule has 22 heavy (non-hydrogen) atoms. The van der Waals surface area contributed by atoms with E-state index in [9.17, 15) is 22.9 Å². The molecule has 1 aromatic heterocycles. The van der Waals surface area contributed by atoms with Crippen LogP contribution in [0.4, 0.5) is 10.1 Å². The van der Waals surface area contributed by atoms with Crippen molar-refractivity contribution in [3.05, 3.63) is 57.8 Å². The fraction of sp³-hybridized carbons (Fsp3) is 0.231. The summed E-state index contributed by atoms with van der Waals surface area (Å²) in [6, 6.07) is 4.82. The number of nitrogens with zero attached hydrogens (tertiary/aromatic N) is 2. The van der Waals surface area contributed by atoms with Crippen molar-refractivity contribution < 1.29 is 22.1 Å². The molecule has 0 aliphatic carbocycles. The zero-order chi connectivity index (χ0) is 16.5. The highest BCUT2D eigenvalue weighted by atomic mass is 32.2. The summed E-state index contributed by atoms with van der Waals surface area (Å²) in [5.41, 5.74) is -0.789. The highest BCUT2D eigenvalue weighted by Crippen LogP contribution is 2.27. The second kappa shape index (κ2) is 5.85. The summed E-state index contributed by atoms with van der Waals surface area (Å²) >= 11 is 0. The van der Waals surface area contributed by atoms with Gasteiger partial charge in [-0.1, -0.05) is 0 Å². The van der Waals surface area contributed by atoms with Crippen molar-refractivity contribution in [3.63, 3.8) is 0 Å². The van der Waals surface area contributed by atoms with Crippen LogP contribution in [-0.2, 0) is 16.6 Å². The van der Waals surface area contributed by atoms with Gasteiger partial charge in [-0.3, -0.25) is 10.1 Å². The highest BCUT2D eigenvalue weighted by Gasteiger charge is 2.27. The van der Waals surface area contributed by atoms with E-state index in [2.05, 4.69) is 0 Å². The van der Waals surface area contributed by atoms with Crippen molar-refractivity contribution in [2.75, 3.05) is 7.05 Å². The summed E-state index contributed by atoms with van der Waals surface area (Å²) in [5, 5.41) is 10.9. The maximum Gasteiger partial charge on any atom is 0.276 e. The Morgan fingerprint density at radius 1 is 1.41 bits per heavy atom. The van der Waals surface area contributed by atoms with E-state index in [1.165, 1.54) is 20.2 Å². The van der Waals surface area contributed by atoms with Gasteiger partial charge in [0.1, 0.15) is 11.6 Å². The molecule has 0 bridgehead atoms. The Labute approximate surface area is 126 Å². The van der Waals surface area contributed by atoms with Gasteiger partial charge in [-0.15, -0.1) is 0 Å². The van der Waals surface area contributed by atoms with Gasteiger partial charge in [0.15, 0.2) is 0 Å². The molecule has 2 aromatic rings. The largest absolute Gasteiger partial charge is 0.468 e. The molecule has 0 radical (unpaired) electrons. The number of sulfonamides is 1. The van der Waals surface area contributed by atoms with Gasteiger partial charge in [0.25, 0.3) is 5.69 Å². The van der Waals surface area contributed by atoms with Crippen LogP contribution < -0.4 is 0 Å². The Hall–Kier alpha value is -2.26. The summed E-state index contributed by atoms with van der Waals surface area (Å²) in [6.07, 6.45) is 1.40. The number of benzene rings is 1. The minimum Gasteiger partial charge on any atom is -0.468 e. The lowest BCUT2D eigenvalue weighted by Gasteiger charge is -2.16. The maximum absolute atomic E-state index is 13.8. The van der Waals surface area contributed by atoms with Crippen molar-refractivity contribution in [3.8, 4) is 0 Å². The molecule has 0 fully saturated rings. The second-order valence-electron chi connectivity index (χ2n) is 4.65. The molecular weight excluding hydrogens is 315 g/mol. The van der Waals surface area contributed by atoms with Crippen LogP contribution in [0.15, 0.2) is 39.8 Å². The zero-order valence-electron chi connectivity index (χ0n) is 11.8. The molecule has 1 aromatic carbocycles. The fourth-order valence-corrected chi connectivity index (χ4v) is 3.04. The first-order chi connectivity index (χ1) is 10.2. The van der Waals surface area contributed by atoms with E-state index >= 15 is 0 Å². The van der Waals surface area contributed by atoms with Gasteiger partial charge in [-0.25, -0.2) is 12.8 Å². The summed E-state index contributed by atoms with van der Waals surface area (Å²) in [5.74, 6) is -0.549. The maximum atomic E-state index is 13.8. The van der Waals surface area contributed by atoms with Crippen LogP contribution in [0, 0.1) is 22.9 Å². The minimum absolute atomic E-state index is 0.0708. The summed E-state index contributed by atoms with van der Waals surface area (Å²) < 4.78 is 44.5. The molecule has 0 spiro atoms. The van der Waals surface area contributed by atoms with E-state index in [1.54, 1.807) is 12.1 Å². The van der Waals surface area contributed by atoms with E-state index < -0.39 is 31.3 Å². The monoisotopic (exact) mass is 328 g/mol. The van der Waals surface area contributed by atoms with Crippen LogP contribution in [0.25, 0.3) is 0 Å². The quantitative estimate of drug-likeness (QED) is 0.621. The molecule has 118 valence electrons. The van der Waals surface area contributed by atoms with Crippen LogP contribution in [0.3, 0.4) is 0 Å². The van der Waals surface area contributed by atoms with Crippen molar-refractivity contribution in [2.45, 2.75) is 18.4 Å². The molecule has 0 aliphatic heterocycles. The standard InChI is InChI=1S/C13H13FN2O5S/c1-9-12(14)6-11(7-13(9)16(17)18)22(19,20)15(2)8-10-4-3-5-21-10/h3-7H,8H2,1-2H3. The van der Waals surface area contributed by atoms with Crippen molar-refractivity contribution in [2.24, 2.45) is 0 Å². The lowest BCUT2D eigenvalue weighted by Crippen LogP contribution is -2.26. The Balaban J connectivity index is 2.43. The Bertz CT molecular complexity index is 802. The molecule has 0 unspecified atom stereocenters. The Morgan fingerprint density at radius 3 is 2.64 bits per heavy atom. The molecular formula is C13H13FN2O5S. The third-order valence-electron chi connectivity index (χ3n) is 3.15. The number of nitro groups is 1. The minimum atomic E-state index is -4.08. The average molecular weight is 328 g/mol. The smallest absolute Gasteiger partial charge is 0.276 e. The van der Waals surface area contributed by atoms with Crippen molar-refractivity contribution in [1.82, 2.24) is 4.31 Å². The van der Waals surface area contributed by atoms with Crippen LogP contribution in [0.1, 0.15) is 11.3 Å². The molecule has 0 saturated heterocycles. The van der Waals surface area contributed by atoms with Crippen molar-refractivity contribution in [1.29, 1.82) is 0 Å². The van der Waals surface area contributed by atoms with E-state index in [0.717, 1.165) is 16.4 Å². The first-order valence-electron chi connectivity index (χ1n) is 6.16. The summed E-state index contributed by atoms with van der Waals surface area (Å²) in [4.78, 5) is 9.60. The summed E-state index contributed by atoms with van der Waals surface area (Å²) in [7, 11) is -2.80. The van der Waals surface area contributed by atoms with Gasteiger partial charge in [0, 0.05) is 13.1 Å². The first-order valence-corrected chi connectivity index (χ1v) is 7.60. The first kappa shape index (κ1) is 16.1. The van der Waals surface area contributed by atoms with Crippen LogP contribution >= 0.6 is 0 Å². The predicted octanol–water partition coefficient (Wildman–Crippen LogP) is 2.46. The van der Waals surface area contributed by atoms with E-state index in [4.69, 9.17) is 4.42 Å². The normalized spacial score (nSPS) is 11.8. The topological polar surface area (TPSA) is 93.7 Å². The average Bonchev–Trinajstić information content (AvgIpc) is 2.93. The lowest BCUT2D eigenvalue weighted by atomic mass is 10.2. The molecule has 2 rings (SSSR count).